The van der Waals surface area contributed by atoms with Crippen LogP contribution in [0.1, 0.15) is 19.4 Å². The highest BCUT2D eigenvalue weighted by Crippen LogP contribution is 2.26. The van der Waals surface area contributed by atoms with Crippen molar-refractivity contribution in [1.29, 1.82) is 0 Å². The second kappa shape index (κ2) is 5.99. The summed E-state index contributed by atoms with van der Waals surface area (Å²) in [6.07, 6.45) is 0.890. The first-order chi connectivity index (χ1) is 7.15. The molecule has 0 heterocycles. The van der Waals surface area contributed by atoms with Crippen LogP contribution >= 0.6 is 11.6 Å². The minimum Gasteiger partial charge on any atom is -0.496 e. The maximum Gasteiger partial charge on any atom is 0.123 e. The lowest BCUT2D eigenvalue weighted by atomic mass is 10.1. The van der Waals surface area contributed by atoms with E-state index in [2.05, 4.69) is 19.2 Å². The standard InChI is InChI=1S/C12H18ClNO/c1-9(2)14-8-7-10-11(13)5-4-6-12(10)15-3/h4-6,9,14H,7-8H2,1-3H3. The SMILES string of the molecule is COc1cccc(Cl)c1CCNC(C)C. The molecule has 0 radical (unpaired) electrons. The molecule has 0 fully saturated rings. The van der Waals surface area contributed by atoms with E-state index in [1.54, 1.807) is 7.11 Å². The van der Waals surface area contributed by atoms with Crippen molar-refractivity contribution in [3.8, 4) is 5.75 Å². The molecule has 1 N–H and O–H groups in total. The van der Waals surface area contributed by atoms with E-state index >= 15 is 0 Å². The average molecular weight is 228 g/mol. The van der Waals surface area contributed by atoms with Crippen LogP contribution in [0.2, 0.25) is 5.02 Å². The van der Waals surface area contributed by atoms with Crippen LogP contribution in [0.25, 0.3) is 0 Å². The summed E-state index contributed by atoms with van der Waals surface area (Å²) in [6, 6.07) is 6.24. The molecule has 1 rings (SSSR count). The Bertz CT molecular complexity index is 312. The third kappa shape index (κ3) is 3.73. The van der Waals surface area contributed by atoms with Crippen molar-refractivity contribution in [2.75, 3.05) is 13.7 Å². The maximum absolute atomic E-state index is 6.12. The first-order valence-corrected chi connectivity index (χ1v) is 5.57. The van der Waals surface area contributed by atoms with E-state index in [4.69, 9.17) is 16.3 Å². The number of rotatable bonds is 5. The van der Waals surface area contributed by atoms with Crippen LogP contribution in [0, 0.1) is 0 Å². The molecule has 0 amide bonds. The molecular formula is C12H18ClNO. The number of hydrogen-bond acceptors (Lipinski definition) is 2. The number of halogens is 1. The van der Waals surface area contributed by atoms with Crippen molar-refractivity contribution in [3.63, 3.8) is 0 Å². The Labute approximate surface area is 96.6 Å². The van der Waals surface area contributed by atoms with E-state index in [0.717, 1.165) is 29.3 Å². The van der Waals surface area contributed by atoms with Gasteiger partial charge in [0.25, 0.3) is 0 Å². The summed E-state index contributed by atoms with van der Waals surface area (Å²) in [4.78, 5) is 0. The van der Waals surface area contributed by atoms with E-state index in [1.165, 1.54) is 0 Å². The lowest BCUT2D eigenvalue weighted by Crippen LogP contribution is -2.25. The van der Waals surface area contributed by atoms with Crippen molar-refractivity contribution >= 4 is 11.6 Å². The maximum atomic E-state index is 6.12. The van der Waals surface area contributed by atoms with Crippen LogP contribution in [0.15, 0.2) is 18.2 Å². The Kier molecular flexibility index (Phi) is 4.92. The quantitative estimate of drug-likeness (QED) is 0.835. The molecule has 2 nitrogen and oxygen atoms in total. The van der Waals surface area contributed by atoms with Gasteiger partial charge in [0.05, 0.1) is 7.11 Å². The summed E-state index contributed by atoms with van der Waals surface area (Å²) in [5.41, 5.74) is 1.08. The highest BCUT2D eigenvalue weighted by molar-refractivity contribution is 6.31. The van der Waals surface area contributed by atoms with E-state index in [0.29, 0.717) is 6.04 Å². The molecule has 0 aromatic heterocycles. The predicted octanol–water partition coefficient (Wildman–Crippen LogP) is 2.89. The minimum absolute atomic E-state index is 0.499. The number of benzene rings is 1. The van der Waals surface area contributed by atoms with Gasteiger partial charge in [0.1, 0.15) is 5.75 Å². The van der Waals surface area contributed by atoms with Gasteiger partial charge in [-0.1, -0.05) is 31.5 Å². The van der Waals surface area contributed by atoms with Crippen LogP contribution in [0.5, 0.6) is 5.75 Å². The molecule has 0 aliphatic carbocycles. The van der Waals surface area contributed by atoms with Crippen molar-refractivity contribution in [1.82, 2.24) is 5.32 Å². The fourth-order valence-corrected chi connectivity index (χ4v) is 1.72. The highest BCUT2D eigenvalue weighted by Gasteiger charge is 2.06. The zero-order valence-electron chi connectivity index (χ0n) is 9.51. The summed E-state index contributed by atoms with van der Waals surface area (Å²) < 4.78 is 5.27. The van der Waals surface area contributed by atoms with E-state index < -0.39 is 0 Å². The third-order valence-electron chi connectivity index (χ3n) is 2.22. The van der Waals surface area contributed by atoms with Crippen LogP contribution in [-0.2, 0) is 6.42 Å². The molecule has 1 aromatic carbocycles. The fourth-order valence-electron chi connectivity index (χ4n) is 1.46. The second-order valence-corrected chi connectivity index (χ2v) is 4.19. The Morgan fingerprint density at radius 1 is 1.40 bits per heavy atom. The minimum atomic E-state index is 0.499. The van der Waals surface area contributed by atoms with Crippen LogP contribution in [0.4, 0.5) is 0 Å². The van der Waals surface area contributed by atoms with Crippen LogP contribution in [-0.4, -0.2) is 19.7 Å². The Morgan fingerprint density at radius 2 is 2.13 bits per heavy atom. The van der Waals surface area contributed by atoms with Gasteiger partial charge < -0.3 is 10.1 Å². The molecule has 0 aliphatic rings. The monoisotopic (exact) mass is 227 g/mol. The third-order valence-corrected chi connectivity index (χ3v) is 2.58. The Morgan fingerprint density at radius 3 is 2.73 bits per heavy atom. The lowest BCUT2D eigenvalue weighted by molar-refractivity contribution is 0.408. The first-order valence-electron chi connectivity index (χ1n) is 5.20. The lowest BCUT2D eigenvalue weighted by Gasteiger charge is -2.12. The number of ether oxygens (including phenoxy) is 1. The molecule has 0 saturated carbocycles. The van der Waals surface area contributed by atoms with E-state index in [1.807, 2.05) is 18.2 Å². The van der Waals surface area contributed by atoms with Crippen molar-refractivity contribution in [2.24, 2.45) is 0 Å². The zero-order chi connectivity index (χ0) is 11.3. The van der Waals surface area contributed by atoms with Gasteiger partial charge in [-0.3, -0.25) is 0 Å². The predicted molar refractivity (Wildman–Crippen MR) is 64.8 cm³/mol. The van der Waals surface area contributed by atoms with Gasteiger partial charge >= 0.3 is 0 Å². The van der Waals surface area contributed by atoms with Crippen LogP contribution in [0.3, 0.4) is 0 Å². The topological polar surface area (TPSA) is 21.3 Å². The molecule has 0 aliphatic heterocycles. The molecule has 0 saturated heterocycles. The molecule has 1 aromatic rings. The molecule has 0 spiro atoms. The summed E-state index contributed by atoms with van der Waals surface area (Å²) in [6.45, 7) is 5.17. The van der Waals surface area contributed by atoms with Gasteiger partial charge in [-0.2, -0.15) is 0 Å². The van der Waals surface area contributed by atoms with Gasteiger partial charge in [0.15, 0.2) is 0 Å². The molecule has 0 bridgehead atoms. The van der Waals surface area contributed by atoms with Crippen molar-refractivity contribution in [2.45, 2.75) is 26.3 Å². The Balaban J connectivity index is 2.66. The first kappa shape index (κ1) is 12.3. The molecule has 15 heavy (non-hydrogen) atoms. The van der Waals surface area contributed by atoms with Gasteiger partial charge in [-0.15, -0.1) is 0 Å². The highest BCUT2D eigenvalue weighted by atomic mass is 35.5. The molecule has 0 unspecified atom stereocenters. The molecule has 84 valence electrons. The normalized spacial score (nSPS) is 10.7. The number of hydrogen-bond donors (Lipinski definition) is 1. The van der Waals surface area contributed by atoms with Gasteiger partial charge in [-0.05, 0) is 25.1 Å². The largest absolute Gasteiger partial charge is 0.496 e. The molecule has 0 atom stereocenters. The van der Waals surface area contributed by atoms with Crippen molar-refractivity contribution in [3.05, 3.63) is 28.8 Å². The smallest absolute Gasteiger partial charge is 0.123 e. The summed E-state index contributed by atoms with van der Waals surface area (Å²) >= 11 is 6.12. The van der Waals surface area contributed by atoms with Gasteiger partial charge in [0.2, 0.25) is 0 Å². The molecular weight excluding hydrogens is 210 g/mol. The van der Waals surface area contributed by atoms with Gasteiger partial charge in [0, 0.05) is 16.6 Å². The average Bonchev–Trinajstić information content (AvgIpc) is 2.20. The summed E-state index contributed by atoms with van der Waals surface area (Å²) in [5.74, 6) is 0.869. The van der Waals surface area contributed by atoms with E-state index in [-0.39, 0.29) is 0 Å². The number of nitrogens with one attached hydrogen (secondary N) is 1. The number of methoxy groups -OCH3 is 1. The van der Waals surface area contributed by atoms with Crippen molar-refractivity contribution < 1.29 is 4.74 Å². The van der Waals surface area contributed by atoms with Gasteiger partial charge in [-0.25, -0.2) is 0 Å². The zero-order valence-corrected chi connectivity index (χ0v) is 10.3. The Hall–Kier alpha value is -0.730. The second-order valence-electron chi connectivity index (χ2n) is 3.78. The molecule has 3 heteroatoms. The summed E-state index contributed by atoms with van der Waals surface area (Å²) in [7, 11) is 1.67. The van der Waals surface area contributed by atoms with Crippen LogP contribution < -0.4 is 10.1 Å². The fraction of sp³-hybridized carbons (Fsp3) is 0.500. The van der Waals surface area contributed by atoms with E-state index in [9.17, 15) is 0 Å². The summed E-state index contributed by atoms with van der Waals surface area (Å²) in [5, 5.41) is 4.14.